The first-order chi connectivity index (χ1) is 10.8. The molecule has 1 aromatic rings. The molecule has 0 aliphatic carbocycles. The number of aromatic nitrogens is 1. The number of hydrogen-bond donors (Lipinski definition) is 0. The van der Waals surface area contributed by atoms with Crippen molar-refractivity contribution in [3.05, 3.63) is 23.9 Å². The van der Waals surface area contributed by atoms with Gasteiger partial charge in [0.1, 0.15) is 17.8 Å². The third-order valence-electron chi connectivity index (χ3n) is 4.31. The second-order valence-corrected chi connectivity index (χ2v) is 5.56. The van der Waals surface area contributed by atoms with E-state index in [9.17, 15) is 4.79 Å². The lowest BCUT2D eigenvalue weighted by Gasteiger charge is -2.32. The summed E-state index contributed by atoms with van der Waals surface area (Å²) < 4.78 is 16.9. The van der Waals surface area contributed by atoms with E-state index in [1.54, 1.807) is 18.3 Å². The smallest absolute Gasteiger partial charge is 0.259 e. The molecule has 0 bridgehead atoms. The highest BCUT2D eigenvalue weighted by Crippen LogP contribution is 2.32. The average Bonchev–Trinajstić information content (AvgIpc) is 2.93. The summed E-state index contributed by atoms with van der Waals surface area (Å²) in [5, 5.41) is 0. The van der Waals surface area contributed by atoms with Crippen molar-refractivity contribution in [2.75, 3.05) is 26.9 Å². The molecule has 22 heavy (non-hydrogen) atoms. The van der Waals surface area contributed by atoms with E-state index in [2.05, 4.69) is 4.98 Å². The van der Waals surface area contributed by atoms with E-state index in [1.807, 2.05) is 11.8 Å². The topological polar surface area (TPSA) is 60.9 Å². The van der Waals surface area contributed by atoms with Crippen LogP contribution < -0.4 is 4.74 Å². The summed E-state index contributed by atoms with van der Waals surface area (Å²) in [6, 6.07) is 3.57. The van der Waals surface area contributed by atoms with Crippen LogP contribution >= 0.6 is 0 Å². The van der Waals surface area contributed by atoms with Gasteiger partial charge in [0.25, 0.3) is 5.91 Å². The molecule has 2 saturated heterocycles. The predicted molar refractivity (Wildman–Crippen MR) is 80.0 cm³/mol. The van der Waals surface area contributed by atoms with Crippen LogP contribution in [0.2, 0.25) is 0 Å². The summed E-state index contributed by atoms with van der Waals surface area (Å²) in [4.78, 5) is 18.9. The highest BCUT2D eigenvalue weighted by Gasteiger charge is 2.47. The Bertz CT molecular complexity index is 537. The van der Waals surface area contributed by atoms with Crippen LogP contribution in [0, 0.1) is 0 Å². The fraction of sp³-hybridized carbons (Fsp3) is 0.625. The number of hydrogen-bond acceptors (Lipinski definition) is 5. The standard InChI is InChI=1S/C16H22N2O4/c1-3-21-13-10-18(12-7-5-9-22-14(12)13)16(19)11-6-4-8-17-15(11)20-2/h4,6,8,12-14H,3,5,7,9-10H2,1-2H3/t12-,13+,14+/m0/s1. The lowest BCUT2D eigenvalue weighted by Crippen LogP contribution is -2.44. The Kier molecular flexibility index (Phi) is 4.59. The molecule has 1 aromatic heterocycles. The van der Waals surface area contributed by atoms with Crippen LogP contribution in [0.4, 0.5) is 0 Å². The molecule has 0 spiro atoms. The van der Waals surface area contributed by atoms with E-state index in [4.69, 9.17) is 14.2 Å². The van der Waals surface area contributed by atoms with E-state index < -0.39 is 0 Å². The van der Waals surface area contributed by atoms with E-state index in [0.717, 1.165) is 19.4 Å². The second kappa shape index (κ2) is 6.62. The summed E-state index contributed by atoms with van der Waals surface area (Å²) in [5.74, 6) is 0.299. The Hall–Kier alpha value is -1.66. The maximum absolute atomic E-state index is 12.9. The van der Waals surface area contributed by atoms with Gasteiger partial charge in [0.2, 0.25) is 5.88 Å². The van der Waals surface area contributed by atoms with Crippen molar-refractivity contribution in [2.24, 2.45) is 0 Å². The molecule has 6 nitrogen and oxygen atoms in total. The molecule has 6 heteroatoms. The van der Waals surface area contributed by atoms with Crippen LogP contribution in [0.25, 0.3) is 0 Å². The number of amides is 1. The number of nitrogens with zero attached hydrogens (tertiary/aromatic N) is 2. The Morgan fingerprint density at radius 1 is 1.55 bits per heavy atom. The maximum atomic E-state index is 12.9. The summed E-state index contributed by atoms with van der Waals surface area (Å²) in [6.45, 7) is 3.88. The Balaban J connectivity index is 1.85. The monoisotopic (exact) mass is 306 g/mol. The first-order valence-corrected chi connectivity index (χ1v) is 7.79. The summed E-state index contributed by atoms with van der Waals surface area (Å²) in [5.41, 5.74) is 0.492. The zero-order valence-electron chi connectivity index (χ0n) is 13.0. The number of rotatable bonds is 4. The fourth-order valence-corrected chi connectivity index (χ4v) is 3.37. The molecule has 1 amide bonds. The minimum Gasteiger partial charge on any atom is -0.480 e. The highest BCUT2D eigenvalue weighted by molar-refractivity contribution is 5.96. The number of ether oxygens (including phenoxy) is 3. The lowest BCUT2D eigenvalue weighted by molar-refractivity contribution is -0.0737. The van der Waals surface area contributed by atoms with Gasteiger partial charge < -0.3 is 19.1 Å². The summed E-state index contributed by atoms with van der Waals surface area (Å²) in [6.07, 6.45) is 3.45. The third-order valence-corrected chi connectivity index (χ3v) is 4.31. The molecular weight excluding hydrogens is 284 g/mol. The van der Waals surface area contributed by atoms with Gasteiger partial charge in [0, 0.05) is 19.4 Å². The van der Waals surface area contributed by atoms with Crippen LogP contribution in [-0.4, -0.2) is 60.9 Å². The molecule has 2 aliphatic heterocycles. The van der Waals surface area contributed by atoms with Gasteiger partial charge in [-0.1, -0.05) is 0 Å². The minimum atomic E-state index is -0.0624. The van der Waals surface area contributed by atoms with Gasteiger partial charge in [-0.2, -0.15) is 0 Å². The average molecular weight is 306 g/mol. The SMILES string of the molecule is CCO[C@@H]1CN(C(=O)c2cccnc2OC)[C@H]2CCCO[C@@H]12. The Morgan fingerprint density at radius 3 is 3.18 bits per heavy atom. The van der Waals surface area contributed by atoms with Crippen LogP contribution in [0.1, 0.15) is 30.1 Å². The van der Waals surface area contributed by atoms with Crippen molar-refractivity contribution < 1.29 is 19.0 Å². The minimum absolute atomic E-state index is 0.0275. The van der Waals surface area contributed by atoms with Gasteiger partial charge in [0.05, 0.1) is 19.7 Å². The molecule has 3 atom stereocenters. The van der Waals surface area contributed by atoms with Gasteiger partial charge >= 0.3 is 0 Å². The fourth-order valence-electron chi connectivity index (χ4n) is 3.37. The third kappa shape index (κ3) is 2.68. The number of likely N-dealkylation sites (tertiary alicyclic amines) is 1. The van der Waals surface area contributed by atoms with Gasteiger partial charge in [-0.3, -0.25) is 4.79 Å². The molecule has 120 valence electrons. The molecule has 0 unspecified atom stereocenters. The summed E-state index contributed by atoms with van der Waals surface area (Å²) >= 11 is 0. The van der Waals surface area contributed by atoms with Crippen molar-refractivity contribution >= 4 is 5.91 Å². The molecule has 2 fully saturated rings. The van der Waals surface area contributed by atoms with Crippen molar-refractivity contribution in [2.45, 2.75) is 38.0 Å². The van der Waals surface area contributed by atoms with E-state index in [0.29, 0.717) is 24.6 Å². The van der Waals surface area contributed by atoms with E-state index in [1.165, 1.54) is 7.11 Å². The number of carbonyl (C=O) groups excluding carboxylic acids is 1. The number of carbonyl (C=O) groups is 1. The summed E-state index contributed by atoms with van der Waals surface area (Å²) in [7, 11) is 1.53. The quantitative estimate of drug-likeness (QED) is 0.843. The Labute approximate surface area is 130 Å². The molecule has 3 heterocycles. The second-order valence-electron chi connectivity index (χ2n) is 5.56. The molecule has 2 aliphatic rings. The van der Waals surface area contributed by atoms with Crippen molar-refractivity contribution in [1.29, 1.82) is 0 Å². The molecule has 0 aromatic carbocycles. The number of pyridine rings is 1. The zero-order chi connectivity index (χ0) is 15.5. The Morgan fingerprint density at radius 2 is 2.41 bits per heavy atom. The van der Waals surface area contributed by atoms with Gasteiger partial charge in [-0.15, -0.1) is 0 Å². The van der Waals surface area contributed by atoms with Crippen LogP contribution in [0.3, 0.4) is 0 Å². The van der Waals surface area contributed by atoms with Gasteiger partial charge in [-0.05, 0) is 31.9 Å². The largest absolute Gasteiger partial charge is 0.480 e. The molecule has 0 radical (unpaired) electrons. The van der Waals surface area contributed by atoms with Gasteiger partial charge in [-0.25, -0.2) is 4.98 Å². The number of methoxy groups -OCH3 is 1. The van der Waals surface area contributed by atoms with Crippen molar-refractivity contribution in [3.63, 3.8) is 0 Å². The normalized spacial score (nSPS) is 27.5. The van der Waals surface area contributed by atoms with Gasteiger partial charge in [0.15, 0.2) is 0 Å². The zero-order valence-corrected chi connectivity index (χ0v) is 13.0. The van der Waals surface area contributed by atoms with E-state index >= 15 is 0 Å². The van der Waals surface area contributed by atoms with Crippen LogP contribution in [0.15, 0.2) is 18.3 Å². The van der Waals surface area contributed by atoms with Crippen molar-refractivity contribution in [3.8, 4) is 5.88 Å². The van der Waals surface area contributed by atoms with Crippen LogP contribution in [0.5, 0.6) is 5.88 Å². The molecule has 0 saturated carbocycles. The predicted octanol–water partition coefficient (Wildman–Crippen LogP) is 1.50. The lowest BCUT2D eigenvalue weighted by atomic mass is 10.0. The van der Waals surface area contributed by atoms with Crippen molar-refractivity contribution in [1.82, 2.24) is 9.88 Å². The van der Waals surface area contributed by atoms with E-state index in [-0.39, 0.29) is 24.2 Å². The number of fused-ring (bicyclic) bond motifs is 1. The molecule has 3 rings (SSSR count). The maximum Gasteiger partial charge on any atom is 0.259 e. The molecular formula is C16H22N2O4. The van der Waals surface area contributed by atoms with Crippen LogP contribution in [-0.2, 0) is 9.47 Å². The first kappa shape index (κ1) is 15.2. The molecule has 0 N–H and O–H groups in total. The first-order valence-electron chi connectivity index (χ1n) is 7.79. The highest BCUT2D eigenvalue weighted by atomic mass is 16.5.